The third-order valence-corrected chi connectivity index (χ3v) is 14.2. The first kappa shape index (κ1) is 35.7. The number of piperidine rings is 4. The summed E-state index contributed by atoms with van der Waals surface area (Å²) in [6, 6.07) is 0.329. The second-order valence-electron chi connectivity index (χ2n) is 16.5. The number of hydrogen-bond donors (Lipinski definition) is 3. The summed E-state index contributed by atoms with van der Waals surface area (Å²) in [5.41, 5.74) is -0.451. The fraction of sp³-hybridized carbons (Fsp3) is 0.889. The number of halogens is 2. The molecule has 9 atom stereocenters. The van der Waals surface area contributed by atoms with Crippen LogP contribution in [0, 0.1) is 16.7 Å². The molecule has 8 saturated heterocycles. The molecule has 14 heteroatoms. The highest BCUT2D eigenvalue weighted by molar-refractivity contribution is 5.80. The van der Waals surface area contributed by atoms with Gasteiger partial charge in [-0.05, 0) is 102 Å². The molecule has 9 unspecified atom stereocenters. The Morgan fingerprint density at radius 2 is 1.50 bits per heavy atom. The SMILES string of the molecule is CCC1CN(C2CC3CCC(C2)N3C(=O)O)CCC12CC(=O)NC2F.CCOC(=O)N1C2CCC1C(F)C(N1CCC3(CC1)CNC(=O)C3)C2. The molecule has 0 aromatic carbocycles. The van der Waals surface area contributed by atoms with Crippen LogP contribution in [0.3, 0.4) is 0 Å². The fourth-order valence-corrected chi connectivity index (χ4v) is 11.4. The Bertz CT molecular complexity index is 1300. The molecule has 4 bridgehead atoms. The second-order valence-corrected chi connectivity index (χ2v) is 16.5. The third-order valence-electron chi connectivity index (χ3n) is 14.2. The van der Waals surface area contributed by atoms with E-state index in [0.717, 1.165) is 90.5 Å². The van der Waals surface area contributed by atoms with Crippen LogP contribution in [0.4, 0.5) is 18.4 Å². The number of carbonyl (C=O) groups excluding carboxylic acids is 3. The predicted octanol–water partition coefficient (Wildman–Crippen LogP) is 3.88. The maximum atomic E-state index is 15.2. The van der Waals surface area contributed by atoms with Crippen molar-refractivity contribution in [1.82, 2.24) is 30.2 Å². The van der Waals surface area contributed by atoms with Crippen molar-refractivity contribution in [3.8, 4) is 0 Å². The van der Waals surface area contributed by atoms with E-state index < -0.39 is 24.0 Å². The third kappa shape index (κ3) is 6.34. The van der Waals surface area contributed by atoms with Gasteiger partial charge in [-0.1, -0.05) is 13.3 Å². The Balaban J connectivity index is 0.000000157. The minimum absolute atomic E-state index is 0.0873. The summed E-state index contributed by atoms with van der Waals surface area (Å²) in [6.07, 6.45) is 7.04. The average Bonchev–Trinajstić information content (AvgIpc) is 3.80. The molecule has 3 N–H and O–H groups in total. The molecule has 0 radical (unpaired) electrons. The molecule has 0 aromatic rings. The number of ether oxygens (including phenoxy) is 1. The van der Waals surface area contributed by atoms with Gasteiger partial charge in [0.15, 0.2) is 6.30 Å². The monoisotopic (exact) mass is 706 g/mol. The van der Waals surface area contributed by atoms with Gasteiger partial charge in [-0.15, -0.1) is 0 Å². The highest BCUT2D eigenvalue weighted by atomic mass is 19.1. The zero-order valence-electron chi connectivity index (χ0n) is 29.7. The smallest absolute Gasteiger partial charge is 0.410 e. The summed E-state index contributed by atoms with van der Waals surface area (Å²) in [7, 11) is 0. The van der Waals surface area contributed by atoms with Gasteiger partial charge < -0.3 is 25.4 Å². The van der Waals surface area contributed by atoms with Crippen LogP contribution >= 0.6 is 0 Å². The molecule has 8 rings (SSSR count). The summed E-state index contributed by atoms with van der Waals surface area (Å²) in [5, 5.41) is 14.9. The van der Waals surface area contributed by atoms with E-state index in [1.807, 2.05) is 0 Å². The Morgan fingerprint density at radius 1 is 0.840 bits per heavy atom. The molecule has 0 aromatic heterocycles. The molecule has 0 saturated carbocycles. The molecule has 8 aliphatic rings. The van der Waals surface area contributed by atoms with E-state index in [2.05, 4.69) is 27.4 Å². The number of carbonyl (C=O) groups is 4. The highest BCUT2D eigenvalue weighted by Gasteiger charge is 2.56. The lowest BCUT2D eigenvalue weighted by Crippen LogP contribution is -2.61. The lowest BCUT2D eigenvalue weighted by molar-refractivity contribution is -0.121. The number of nitrogens with zero attached hydrogens (tertiary/aromatic N) is 4. The van der Waals surface area contributed by atoms with E-state index in [9.17, 15) is 28.7 Å². The Hall–Kier alpha value is -2.74. The molecule has 50 heavy (non-hydrogen) atoms. The molecule has 12 nitrogen and oxygen atoms in total. The quantitative estimate of drug-likeness (QED) is 0.376. The van der Waals surface area contributed by atoms with Gasteiger partial charge in [0.05, 0.1) is 12.6 Å². The molecule has 280 valence electrons. The van der Waals surface area contributed by atoms with Crippen LogP contribution in [0.15, 0.2) is 0 Å². The lowest BCUT2D eigenvalue weighted by atomic mass is 9.67. The van der Waals surface area contributed by atoms with E-state index in [1.54, 1.807) is 16.7 Å². The zero-order chi connectivity index (χ0) is 35.4. The summed E-state index contributed by atoms with van der Waals surface area (Å²) in [6.45, 7) is 8.29. The number of amides is 4. The number of rotatable bonds is 4. The lowest BCUT2D eigenvalue weighted by Gasteiger charge is -2.50. The van der Waals surface area contributed by atoms with Gasteiger partial charge in [0.2, 0.25) is 11.8 Å². The van der Waals surface area contributed by atoms with E-state index >= 15 is 4.39 Å². The first-order chi connectivity index (χ1) is 24.0. The Morgan fingerprint density at radius 3 is 2.08 bits per heavy atom. The van der Waals surface area contributed by atoms with Crippen LogP contribution in [-0.4, -0.2) is 137 Å². The first-order valence-corrected chi connectivity index (χ1v) is 19.3. The molecule has 4 amide bonds. The highest BCUT2D eigenvalue weighted by Crippen LogP contribution is 2.49. The van der Waals surface area contributed by atoms with Crippen molar-refractivity contribution in [2.24, 2.45) is 16.7 Å². The summed E-state index contributed by atoms with van der Waals surface area (Å²) < 4.78 is 35.0. The molecule has 8 aliphatic heterocycles. The number of alkyl halides is 2. The normalized spacial score (nSPS) is 40.8. The van der Waals surface area contributed by atoms with E-state index in [0.29, 0.717) is 38.3 Å². The molecular formula is C36H56F2N6O6. The molecule has 8 fully saturated rings. The van der Waals surface area contributed by atoms with Crippen LogP contribution in [0.25, 0.3) is 0 Å². The van der Waals surface area contributed by atoms with Gasteiger partial charge in [0.1, 0.15) is 6.17 Å². The molecule has 0 aliphatic carbocycles. The van der Waals surface area contributed by atoms with Gasteiger partial charge >= 0.3 is 12.2 Å². The minimum Gasteiger partial charge on any atom is -0.465 e. The minimum atomic E-state index is -1.22. The van der Waals surface area contributed by atoms with Crippen molar-refractivity contribution in [3.05, 3.63) is 0 Å². The zero-order valence-corrected chi connectivity index (χ0v) is 29.7. The van der Waals surface area contributed by atoms with Crippen molar-refractivity contribution in [1.29, 1.82) is 0 Å². The van der Waals surface area contributed by atoms with Crippen LogP contribution in [0.5, 0.6) is 0 Å². The fourth-order valence-electron chi connectivity index (χ4n) is 11.4. The molecular weight excluding hydrogens is 650 g/mol. The summed E-state index contributed by atoms with van der Waals surface area (Å²) in [5.74, 6) is 0.162. The largest absolute Gasteiger partial charge is 0.465 e. The van der Waals surface area contributed by atoms with Crippen LogP contribution in [-0.2, 0) is 14.3 Å². The summed E-state index contributed by atoms with van der Waals surface area (Å²) in [4.78, 5) is 55.0. The van der Waals surface area contributed by atoms with Gasteiger partial charge in [0, 0.05) is 61.6 Å². The number of hydrogen-bond acceptors (Lipinski definition) is 7. The van der Waals surface area contributed by atoms with E-state index in [1.165, 1.54) is 0 Å². The molecule has 2 spiro atoms. The van der Waals surface area contributed by atoms with Gasteiger partial charge in [-0.25, -0.2) is 18.4 Å². The number of carboxylic acid groups (broad SMARTS) is 1. The van der Waals surface area contributed by atoms with Crippen LogP contribution in [0.1, 0.15) is 97.3 Å². The van der Waals surface area contributed by atoms with Crippen molar-refractivity contribution in [2.45, 2.75) is 146 Å². The standard InChI is InChI=1S/2C18H28FN3O3/c1-2-25-17(24)22-12-3-4-13(22)16(19)14(9-12)21-7-5-18(6-8-21)10-15(23)20-11-18;1-2-11-10-21(6-5-18(11)9-15(23)20-16(18)19)14-7-12-3-4-13(8-14)22(12)17(24)25/h12-14,16H,2-11H2,1H3,(H,20,23);11-14,16H,2-10H2,1H3,(H,20,23)(H,24,25). The van der Waals surface area contributed by atoms with Crippen molar-refractivity contribution < 1.29 is 37.8 Å². The van der Waals surface area contributed by atoms with Gasteiger partial charge in [-0.2, -0.15) is 0 Å². The van der Waals surface area contributed by atoms with Crippen molar-refractivity contribution in [3.63, 3.8) is 0 Å². The van der Waals surface area contributed by atoms with Gasteiger partial charge in [-0.3, -0.25) is 24.3 Å². The van der Waals surface area contributed by atoms with Crippen LogP contribution in [0.2, 0.25) is 0 Å². The second kappa shape index (κ2) is 14.0. The van der Waals surface area contributed by atoms with Crippen molar-refractivity contribution in [2.75, 3.05) is 39.3 Å². The number of likely N-dealkylation sites (tertiary alicyclic amines) is 2. The maximum Gasteiger partial charge on any atom is 0.410 e. The average molecular weight is 707 g/mol. The topological polar surface area (TPSA) is 135 Å². The van der Waals surface area contributed by atoms with E-state index in [4.69, 9.17) is 4.74 Å². The number of nitrogens with one attached hydrogen (secondary N) is 2. The summed E-state index contributed by atoms with van der Waals surface area (Å²) >= 11 is 0. The van der Waals surface area contributed by atoms with Gasteiger partial charge in [0.25, 0.3) is 0 Å². The van der Waals surface area contributed by atoms with Crippen molar-refractivity contribution >= 4 is 24.0 Å². The number of fused-ring (bicyclic) bond motifs is 4. The Labute approximate surface area is 293 Å². The van der Waals surface area contributed by atoms with E-state index in [-0.39, 0.29) is 59.4 Å². The van der Waals surface area contributed by atoms with Crippen LogP contribution < -0.4 is 10.6 Å². The molecule has 8 heterocycles. The first-order valence-electron chi connectivity index (χ1n) is 19.3. The Kier molecular flexibility index (Phi) is 9.99. The predicted molar refractivity (Wildman–Crippen MR) is 180 cm³/mol. The maximum absolute atomic E-state index is 15.2.